The number of hydrogen-bond acceptors (Lipinski definition) is 2. The van der Waals surface area contributed by atoms with Crippen molar-refractivity contribution in [3.8, 4) is 33.4 Å². The van der Waals surface area contributed by atoms with Crippen molar-refractivity contribution in [2.45, 2.75) is 71.6 Å². The Bertz CT molecular complexity index is 2620. The molecule has 1 heterocycles. The van der Waals surface area contributed by atoms with Crippen molar-refractivity contribution in [1.29, 1.82) is 0 Å². The van der Waals surface area contributed by atoms with Crippen LogP contribution in [0.2, 0.25) is 0 Å². The largest absolute Gasteiger partial charge is 0.456 e. The molecule has 1 aliphatic rings. The lowest BCUT2D eigenvalue weighted by molar-refractivity contribution is 0.559. The van der Waals surface area contributed by atoms with E-state index >= 15 is 0 Å². The Morgan fingerprint density at radius 2 is 1.07 bits per heavy atom. The van der Waals surface area contributed by atoms with Crippen molar-refractivity contribution < 1.29 is 4.42 Å². The zero-order valence-electron chi connectivity index (χ0n) is 33.3. The number of rotatable bonds is 5. The second-order valence-corrected chi connectivity index (χ2v) is 17.8. The van der Waals surface area contributed by atoms with Gasteiger partial charge in [-0.25, -0.2) is 0 Å². The van der Waals surface area contributed by atoms with E-state index in [1.165, 1.54) is 72.1 Å². The lowest BCUT2D eigenvalue weighted by Gasteiger charge is -2.32. The van der Waals surface area contributed by atoms with Crippen molar-refractivity contribution in [3.63, 3.8) is 0 Å². The Labute approximate surface area is 326 Å². The van der Waals surface area contributed by atoms with E-state index < -0.39 is 0 Å². The van der Waals surface area contributed by atoms with Crippen LogP contribution in [0.1, 0.15) is 77.6 Å². The summed E-state index contributed by atoms with van der Waals surface area (Å²) in [4.78, 5) is 2.45. The fourth-order valence-corrected chi connectivity index (χ4v) is 8.78. The van der Waals surface area contributed by atoms with Crippen LogP contribution in [0.4, 0.5) is 17.1 Å². The Balaban J connectivity index is 1.28. The Morgan fingerprint density at radius 1 is 0.527 bits per heavy atom. The second kappa shape index (κ2) is 12.6. The van der Waals surface area contributed by atoms with E-state index in [0.29, 0.717) is 0 Å². The zero-order valence-corrected chi connectivity index (χ0v) is 33.3. The van der Waals surface area contributed by atoms with Gasteiger partial charge in [-0.2, -0.15) is 0 Å². The lowest BCUT2D eigenvalue weighted by Crippen LogP contribution is -2.20. The molecule has 0 aliphatic heterocycles. The molecule has 0 N–H and O–H groups in total. The van der Waals surface area contributed by atoms with Gasteiger partial charge in [-0.3, -0.25) is 0 Å². The first-order valence-electron chi connectivity index (χ1n) is 19.6. The Morgan fingerprint density at radius 3 is 1.60 bits per heavy atom. The van der Waals surface area contributed by atoms with Crippen LogP contribution in [0.3, 0.4) is 0 Å². The maximum atomic E-state index is 6.89. The van der Waals surface area contributed by atoms with E-state index in [1.807, 2.05) is 0 Å². The average molecular weight is 716 g/mol. The van der Waals surface area contributed by atoms with Crippen LogP contribution in [0, 0.1) is 0 Å². The molecule has 0 bridgehead atoms. The number of benzene rings is 7. The van der Waals surface area contributed by atoms with E-state index in [2.05, 4.69) is 212 Å². The SMILES string of the molecule is CC(C)(C)c1cc(C(C)(C)C)c2oc3ccc4c(c3c2c1)-c1cccc(N(c2ccc(-c3ccccc3)cc2)c2ccc(-c3ccccc3)cc2)c1C4(C)C. The van der Waals surface area contributed by atoms with Crippen molar-refractivity contribution in [2.75, 3.05) is 4.90 Å². The van der Waals surface area contributed by atoms with Gasteiger partial charge in [-0.05, 0) is 103 Å². The number of furan rings is 1. The molecular formula is C53H49NO. The number of hydrogen-bond donors (Lipinski definition) is 0. The van der Waals surface area contributed by atoms with Crippen molar-refractivity contribution in [3.05, 3.63) is 174 Å². The molecule has 0 atom stereocenters. The highest BCUT2D eigenvalue weighted by molar-refractivity contribution is 6.16. The molecule has 0 amide bonds. The third kappa shape index (κ3) is 5.78. The zero-order chi connectivity index (χ0) is 38.3. The van der Waals surface area contributed by atoms with E-state index in [1.54, 1.807) is 0 Å². The van der Waals surface area contributed by atoms with Crippen LogP contribution < -0.4 is 4.90 Å². The minimum Gasteiger partial charge on any atom is -0.456 e. The first-order valence-corrected chi connectivity index (χ1v) is 19.6. The van der Waals surface area contributed by atoms with E-state index in [4.69, 9.17) is 4.42 Å². The molecule has 0 saturated carbocycles. The van der Waals surface area contributed by atoms with Gasteiger partial charge >= 0.3 is 0 Å². The fraction of sp³-hybridized carbons (Fsp3) is 0.208. The smallest absolute Gasteiger partial charge is 0.139 e. The van der Waals surface area contributed by atoms with Crippen LogP contribution in [-0.2, 0) is 16.2 Å². The standard InChI is InChI=1S/C53H49NO/c1-51(2,3)38-32-42-48-46(55-50(42)44(33-38)52(4,5)6)31-30-43-47(48)41-20-15-21-45(49(41)53(43,7)8)54(39-26-22-36(23-27-39)34-16-11-9-12-17-34)40-28-24-37(25-29-40)35-18-13-10-14-19-35/h9-33H,1-8H3. The molecule has 2 nitrogen and oxygen atoms in total. The van der Waals surface area contributed by atoms with Crippen LogP contribution in [0.5, 0.6) is 0 Å². The highest BCUT2D eigenvalue weighted by atomic mass is 16.3. The summed E-state index contributed by atoms with van der Waals surface area (Å²) in [6.07, 6.45) is 0. The molecule has 0 radical (unpaired) electrons. The average Bonchev–Trinajstić information content (AvgIpc) is 3.67. The van der Waals surface area contributed by atoms with Gasteiger partial charge in [0.25, 0.3) is 0 Å². The van der Waals surface area contributed by atoms with Crippen LogP contribution in [0.15, 0.2) is 156 Å². The van der Waals surface area contributed by atoms with Gasteiger partial charge in [-0.1, -0.05) is 165 Å². The molecule has 0 saturated heterocycles. The predicted octanol–water partition coefficient (Wildman–Crippen LogP) is 15.3. The summed E-state index contributed by atoms with van der Waals surface area (Å²) in [7, 11) is 0. The third-order valence-corrected chi connectivity index (χ3v) is 11.7. The topological polar surface area (TPSA) is 16.4 Å². The van der Waals surface area contributed by atoms with Gasteiger partial charge < -0.3 is 9.32 Å². The van der Waals surface area contributed by atoms with Crippen molar-refractivity contribution >= 4 is 39.0 Å². The quantitative estimate of drug-likeness (QED) is 0.176. The molecular weight excluding hydrogens is 667 g/mol. The second-order valence-electron chi connectivity index (χ2n) is 17.8. The Hall–Kier alpha value is -5.86. The first kappa shape index (κ1) is 34.9. The highest BCUT2D eigenvalue weighted by Crippen LogP contribution is 2.57. The van der Waals surface area contributed by atoms with Crippen molar-refractivity contribution in [2.24, 2.45) is 0 Å². The first-order chi connectivity index (χ1) is 26.3. The van der Waals surface area contributed by atoms with Gasteiger partial charge in [0.1, 0.15) is 11.2 Å². The lowest BCUT2D eigenvalue weighted by atomic mass is 9.79. The summed E-state index contributed by atoms with van der Waals surface area (Å²) < 4.78 is 6.89. The van der Waals surface area contributed by atoms with E-state index in [-0.39, 0.29) is 16.2 Å². The van der Waals surface area contributed by atoms with Gasteiger partial charge in [0, 0.05) is 33.1 Å². The summed E-state index contributed by atoms with van der Waals surface area (Å²) in [5, 5.41) is 2.43. The van der Waals surface area contributed by atoms with Gasteiger partial charge in [0.2, 0.25) is 0 Å². The molecule has 272 valence electrons. The van der Waals surface area contributed by atoms with Crippen LogP contribution in [0.25, 0.3) is 55.3 Å². The monoisotopic (exact) mass is 715 g/mol. The number of nitrogens with zero attached hydrogens (tertiary/aromatic N) is 1. The van der Waals surface area contributed by atoms with E-state index in [9.17, 15) is 0 Å². The molecule has 1 aromatic heterocycles. The molecule has 7 aromatic carbocycles. The number of fused-ring (bicyclic) bond motifs is 7. The molecule has 55 heavy (non-hydrogen) atoms. The summed E-state index contributed by atoms with van der Waals surface area (Å²) in [6.45, 7) is 18.6. The molecule has 1 aliphatic carbocycles. The minimum atomic E-state index is -0.278. The summed E-state index contributed by atoms with van der Waals surface area (Å²) in [6, 6.07) is 55.5. The minimum absolute atomic E-state index is 0.00724. The highest BCUT2D eigenvalue weighted by Gasteiger charge is 2.41. The molecule has 0 unspecified atom stereocenters. The molecule has 2 heteroatoms. The Kier molecular flexibility index (Phi) is 7.99. The van der Waals surface area contributed by atoms with Gasteiger partial charge in [-0.15, -0.1) is 0 Å². The molecule has 0 fully saturated rings. The van der Waals surface area contributed by atoms with Gasteiger partial charge in [0.15, 0.2) is 0 Å². The molecule has 9 rings (SSSR count). The van der Waals surface area contributed by atoms with E-state index in [0.717, 1.165) is 22.5 Å². The fourth-order valence-electron chi connectivity index (χ4n) is 8.78. The summed E-state index contributed by atoms with van der Waals surface area (Å²) >= 11 is 0. The molecule has 8 aromatic rings. The number of anilines is 3. The van der Waals surface area contributed by atoms with Crippen molar-refractivity contribution in [1.82, 2.24) is 0 Å². The predicted molar refractivity (Wildman–Crippen MR) is 234 cm³/mol. The van der Waals surface area contributed by atoms with Crippen LogP contribution in [-0.4, -0.2) is 0 Å². The third-order valence-electron chi connectivity index (χ3n) is 11.7. The maximum absolute atomic E-state index is 6.89. The maximum Gasteiger partial charge on any atom is 0.139 e. The van der Waals surface area contributed by atoms with Gasteiger partial charge in [0.05, 0.1) is 5.69 Å². The molecule has 0 spiro atoms. The summed E-state index contributed by atoms with van der Waals surface area (Å²) in [5.74, 6) is 0. The van der Waals surface area contributed by atoms with Crippen LogP contribution >= 0.6 is 0 Å². The summed E-state index contributed by atoms with van der Waals surface area (Å²) in [5.41, 5.74) is 17.7. The normalized spacial score (nSPS) is 13.6.